The van der Waals surface area contributed by atoms with E-state index in [1.807, 2.05) is 24.3 Å². The van der Waals surface area contributed by atoms with E-state index in [0.717, 1.165) is 37.3 Å². The molecule has 2 aliphatic heterocycles. The summed E-state index contributed by atoms with van der Waals surface area (Å²) in [6, 6.07) is 7.74. The maximum absolute atomic E-state index is 12.7. The summed E-state index contributed by atoms with van der Waals surface area (Å²) in [6.07, 6.45) is 1.65. The number of sulfonamides is 1. The molecule has 1 fully saturated rings. The van der Waals surface area contributed by atoms with Crippen LogP contribution in [0.2, 0.25) is 0 Å². The van der Waals surface area contributed by atoms with Crippen LogP contribution in [0, 0.1) is 0 Å². The lowest BCUT2D eigenvalue weighted by molar-refractivity contribution is 0.127. The van der Waals surface area contributed by atoms with Crippen LogP contribution in [0.3, 0.4) is 0 Å². The van der Waals surface area contributed by atoms with Crippen molar-refractivity contribution in [1.29, 1.82) is 0 Å². The number of nitrogens with zero attached hydrogens (tertiary/aromatic N) is 2. The lowest BCUT2D eigenvalue weighted by Crippen LogP contribution is -2.46. The number of para-hydroxylation sites is 2. The van der Waals surface area contributed by atoms with Crippen LogP contribution < -0.4 is 9.21 Å². The third-order valence-corrected chi connectivity index (χ3v) is 6.05. The zero-order valence-corrected chi connectivity index (χ0v) is 13.2. The smallest absolute Gasteiger partial charge is 0.237 e. The Kier molecular flexibility index (Phi) is 4.08. The van der Waals surface area contributed by atoms with E-state index < -0.39 is 10.0 Å². The Morgan fingerprint density at radius 3 is 2.67 bits per heavy atom. The Bertz CT molecular complexity index is 597. The first-order valence-electron chi connectivity index (χ1n) is 7.58. The Morgan fingerprint density at radius 2 is 2.00 bits per heavy atom. The summed E-state index contributed by atoms with van der Waals surface area (Å²) in [4.78, 5) is 2.22. The fourth-order valence-electron chi connectivity index (χ4n) is 3.11. The number of fused-ring (bicyclic) bond motifs is 1. The minimum Gasteiger partial charge on any atom is -0.377 e. The third-order valence-electron chi connectivity index (χ3n) is 4.20. The van der Waals surface area contributed by atoms with Crippen LogP contribution >= 0.6 is 0 Å². The van der Waals surface area contributed by atoms with Gasteiger partial charge in [-0.05, 0) is 31.9 Å². The van der Waals surface area contributed by atoms with Gasteiger partial charge in [0.1, 0.15) is 0 Å². The standard InChI is InChI=1S/C15H22N2O3S/c1-2-16-9-10-17(15-8-4-3-7-14(15)16)21(18,19)12-13-6-5-11-20-13/h3-4,7-8,13H,2,5-6,9-12H2,1H3. The average molecular weight is 310 g/mol. The molecule has 3 rings (SSSR count). The SMILES string of the molecule is CCN1CCN(S(=O)(=O)CC2CCCO2)c2ccccc21. The molecule has 1 atom stereocenters. The molecule has 0 aliphatic carbocycles. The Labute approximate surface area is 126 Å². The van der Waals surface area contributed by atoms with E-state index in [0.29, 0.717) is 13.2 Å². The van der Waals surface area contributed by atoms with Crippen LogP contribution in [0.15, 0.2) is 24.3 Å². The van der Waals surface area contributed by atoms with E-state index in [4.69, 9.17) is 4.74 Å². The summed E-state index contributed by atoms with van der Waals surface area (Å²) in [7, 11) is -3.33. The molecule has 0 amide bonds. The molecule has 2 aliphatic rings. The van der Waals surface area contributed by atoms with Crippen molar-refractivity contribution in [2.75, 3.05) is 41.2 Å². The molecule has 1 saturated heterocycles. The minimum atomic E-state index is -3.33. The van der Waals surface area contributed by atoms with Gasteiger partial charge in [-0.3, -0.25) is 4.31 Å². The molecule has 0 saturated carbocycles. The summed E-state index contributed by atoms with van der Waals surface area (Å²) < 4.78 is 32.5. The highest BCUT2D eigenvalue weighted by molar-refractivity contribution is 7.92. The zero-order chi connectivity index (χ0) is 14.9. The number of benzene rings is 1. The fraction of sp³-hybridized carbons (Fsp3) is 0.600. The molecule has 1 unspecified atom stereocenters. The number of rotatable bonds is 4. The van der Waals surface area contributed by atoms with Crippen molar-refractivity contribution >= 4 is 21.4 Å². The van der Waals surface area contributed by atoms with Crippen molar-refractivity contribution in [3.05, 3.63) is 24.3 Å². The third kappa shape index (κ3) is 2.87. The number of likely N-dealkylation sites (N-methyl/N-ethyl adjacent to an activating group) is 1. The van der Waals surface area contributed by atoms with Crippen LogP contribution in [0.1, 0.15) is 19.8 Å². The number of hydrogen-bond acceptors (Lipinski definition) is 4. The molecule has 2 heterocycles. The number of anilines is 2. The van der Waals surface area contributed by atoms with Gasteiger partial charge < -0.3 is 9.64 Å². The zero-order valence-electron chi connectivity index (χ0n) is 12.4. The fourth-order valence-corrected chi connectivity index (χ4v) is 4.84. The van der Waals surface area contributed by atoms with Crippen molar-refractivity contribution in [3.63, 3.8) is 0 Å². The molecule has 0 N–H and O–H groups in total. The summed E-state index contributed by atoms with van der Waals surface area (Å²) >= 11 is 0. The normalized spacial score (nSPS) is 22.4. The molecule has 5 nitrogen and oxygen atoms in total. The molecule has 0 radical (unpaired) electrons. The van der Waals surface area contributed by atoms with E-state index in [1.54, 1.807) is 4.31 Å². The van der Waals surface area contributed by atoms with Crippen LogP contribution in [0.5, 0.6) is 0 Å². The second-order valence-corrected chi connectivity index (χ2v) is 7.49. The van der Waals surface area contributed by atoms with Gasteiger partial charge in [0, 0.05) is 19.7 Å². The molecule has 0 bridgehead atoms. The second kappa shape index (κ2) is 5.85. The molecule has 0 spiro atoms. The topological polar surface area (TPSA) is 49.9 Å². The highest BCUT2D eigenvalue weighted by atomic mass is 32.2. The van der Waals surface area contributed by atoms with Gasteiger partial charge in [0.25, 0.3) is 0 Å². The number of hydrogen-bond donors (Lipinski definition) is 0. The Morgan fingerprint density at radius 1 is 1.24 bits per heavy atom. The van der Waals surface area contributed by atoms with Crippen molar-refractivity contribution in [2.24, 2.45) is 0 Å². The Hall–Kier alpha value is -1.27. The van der Waals surface area contributed by atoms with E-state index in [1.165, 1.54) is 0 Å². The molecule has 116 valence electrons. The van der Waals surface area contributed by atoms with Crippen LogP contribution in [-0.4, -0.2) is 46.5 Å². The van der Waals surface area contributed by atoms with Crippen LogP contribution in [0.4, 0.5) is 11.4 Å². The molecule has 21 heavy (non-hydrogen) atoms. The van der Waals surface area contributed by atoms with Gasteiger partial charge in [-0.2, -0.15) is 0 Å². The van der Waals surface area contributed by atoms with Crippen molar-refractivity contribution in [3.8, 4) is 0 Å². The van der Waals surface area contributed by atoms with Gasteiger partial charge in [0.05, 0.1) is 29.8 Å². The minimum absolute atomic E-state index is 0.0907. The van der Waals surface area contributed by atoms with Gasteiger partial charge in [-0.15, -0.1) is 0 Å². The first kappa shape index (κ1) is 14.7. The van der Waals surface area contributed by atoms with Crippen LogP contribution in [0.25, 0.3) is 0 Å². The summed E-state index contributed by atoms with van der Waals surface area (Å²) in [5.41, 5.74) is 1.80. The van der Waals surface area contributed by atoms with E-state index in [9.17, 15) is 8.42 Å². The quantitative estimate of drug-likeness (QED) is 0.851. The first-order chi connectivity index (χ1) is 10.1. The van der Waals surface area contributed by atoms with Gasteiger partial charge >= 0.3 is 0 Å². The van der Waals surface area contributed by atoms with Crippen molar-refractivity contribution < 1.29 is 13.2 Å². The maximum Gasteiger partial charge on any atom is 0.237 e. The average Bonchev–Trinajstić information content (AvgIpc) is 2.98. The monoisotopic (exact) mass is 310 g/mol. The molecular weight excluding hydrogens is 288 g/mol. The lowest BCUT2D eigenvalue weighted by atomic mass is 10.2. The molecule has 6 heteroatoms. The van der Waals surface area contributed by atoms with E-state index in [2.05, 4.69) is 11.8 Å². The van der Waals surface area contributed by atoms with Crippen molar-refractivity contribution in [1.82, 2.24) is 0 Å². The van der Waals surface area contributed by atoms with Gasteiger partial charge in [-0.25, -0.2) is 8.42 Å². The molecule has 0 aromatic heterocycles. The largest absolute Gasteiger partial charge is 0.377 e. The molecule has 1 aromatic carbocycles. The summed E-state index contributed by atoms with van der Waals surface area (Å²) in [6.45, 7) is 4.91. The predicted molar refractivity (Wildman–Crippen MR) is 84.4 cm³/mol. The van der Waals surface area contributed by atoms with Gasteiger partial charge in [0.2, 0.25) is 10.0 Å². The first-order valence-corrected chi connectivity index (χ1v) is 9.18. The van der Waals surface area contributed by atoms with Crippen molar-refractivity contribution in [2.45, 2.75) is 25.9 Å². The highest BCUT2D eigenvalue weighted by Crippen LogP contribution is 2.34. The Balaban J connectivity index is 1.88. The number of ether oxygens (including phenoxy) is 1. The second-order valence-electron chi connectivity index (χ2n) is 5.55. The summed E-state index contributed by atoms with van der Waals surface area (Å²) in [5.74, 6) is 0.0907. The van der Waals surface area contributed by atoms with Gasteiger partial charge in [-0.1, -0.05) is 12.1 Å². The van der Waals surface area contributed by atoms with E-state index >= 15 is 0 Å². The lowest BCUT2D eigenvalue weighted by Gasteiger charge is -2.37. The van der Waals surface area contributed by atoms with Gasteiger partial charge in [0.15, 0.2) is 0 Å². The van der Waals surface area contributed by atoms with E-state index in [-0.39, 0.29) is 11.9 Å². The molecular formula is C15H22N2O3S. The maximum atomic E-state index is 12.7. The van der Waals surface area contributed by atoms with Crippen LogP contribution in [-0.2, 0) is 14.8 Å². The predicted octanol–water partition coefficient (Wildman–Crippen LogP) is 1.84. The highest BCUT2D eigenvalue weighted by Gasteiger charge is 2.33. The summed E-state index contributed by atoms with van der Waals surface area (Å²) in [5, 5.41) is 0. The molecule has 1 aromatic rings.